The van der Waals surface area contributed by atoms with Crippen LogP contribution in [-0.2, 0) is 0 Å². The van der Waals surface area contributed by atoms with Crippen LogP contribution in [0.5, 0.6) is 5.75 Å². The van der Waals surface area contributed by atoms with Gasteiger partial charge in [0.2, 0.25) is 0 Å². The lowest BCUT2D eigenvalue weighted by Crippen LogP contribution is -2.39. The fraction of sp³-hybridized carbons (Fsp3) is 0.381. The lowest BCUT2D eigenvalue weighted by molar-refractivity contribution is 0.0743. The van der Waals surface area contributed by atoms with Gasteiger partial charge in [-0.3, -0.25) is 4.79 Å². The van der Waals surface area contributed by atoms with Gasteiger partial charge < -0.3 is 15.0 Å². The number of methoxy groups -OCH3 is 1. The van der Waals surface area contributed by atoms with Crippen molar-refractivity contribution in [1.29, 1.82) is 0 Å². The highest BCUT2D eigenvalue weighted by Crippen LogP contribution is 2.28. The number of ether oxygens (including phenoxy) is 1. The van der Waals surface area contributed by atoms with Crippen molar-refractivity contribution in [3.63, 3.8) is 0 Å². The minimum atomic E-state index is -0.630. The van der Waals surface area contributed by atoms with Crippen molar-refractivity contribution >= 4 is 18.3 Å². The van der Waals surface area contributed by atoms with Crippen LogP contribution in [0.25, 0.3) is 11.1 Å². The summed E-state index contributed by atoms with van der Waals surface area (Å²) in [6, 6.07) is 9.43. The molecule has 0 radical (unpaired) electrons. The van der Waals surface area contributed by atoms with E-state index in [-0.39, 0.29) is 35.5 Å². The average Bonchev–Trinajstić information content (AvgIpc) is 2.99. The lowest BCUT2D eigenvalue weighted by Gasteiger charge is -2.24. The van der Waals surface area contributed by atoms with Crippen molar-refractivity contribution in [3.05, 3.63) is 53.6 Å². The van der Waals surface area contributed by atoms with Gasteiger partial charge in [-0.25, -0.2) is 8.78 Å². The van der Waals surface area contributed by atoms with Crippen LogP contribution >= 0.6 is 12.4 Å². The monoisotopic (exact) mass is 408 g/mol. The third-order valence-corrected chi connectivity index (χ3v) is 5.50. The third-order valence-electron chi connectivity index (χ3n) is 5.50. The normalized spacial score (nSPS) is 21.0. The molecule has 2 bridgehead atoms. The molecule has 7 heteroatoms. The molecule has 4 nitrogen and oxygen atoms in total. The van der Waals surface area contributed by atoms with Crippen molar-refractivity contribution in [3.8, 4) is 16.9 Å². The maximum atomic E-state index is 14.7. The van der Waals surface area contributed by atoms with Gasteiger partial charge in [0.15, 0.2) is 0 Å². The summed E-state index contributed by atoms with van der Waals surface area (Å²) in [6.07, 6.45) is 3.08. The fourth-order valence-electron chi connectivity index (χ4n) is 4.01. The number of likely N-dealkylation sites (tertiary alicyclic amines) is 1. The van der Waals surface area contributed by atoms with Crippen LogP contribution in [0.1, 0.15) is 29.6 Å². The first-order valence-electron chi connectivity index (χ1n) is 9.24. The average molecular weight is 409 g/mol. The van der Waals surface area contributed by atoms with E-state index in [1.807, 2.05) is 0 Å². The highest BCUT2D eigenvalue weighted by atomic mass is 35.5. The van der Waals surface area contributed by atoms with Gasteiger partial charge in [0, 0.05) is 36.8 Å². The number of carbonyl (C=O) groups excluding carboxylic acids is 1. The second-order valence-electron chi connectivity index (χ2n) is 7.22. The largest absolute Gasteiger partial charge is 0.497 e. The van der Waals surface area contributed by atoms with Crippen LogP contribution < -0.4 is 10.1 Å². The summed E-state index contributed by atoms with van der Waals surface area (Å²) >= 11 is 0. The Hall–Kier alpha value is -2.18. The summed E-state index contributed by atoms with van der Waals surface area (Å²) in [5.41, 5.74) is 0.691. The molecule has 1 N–H and O–H groups in total. The Balaban J connectivity index is 0.00000225. The fourth-order valence-corrected chi connectivity index (χ4v) is 4.01. The first-order valence-corrected chi connectivity index (χ1v) is 9.24. The zero-order chi connectivity index (χ0) is 19.0. The number of hydrogen-bond donors (Lipinski definition) is 1. The maximum absolute atomic E-state index is 14.7. The molecule has 2 atom stereocenters. The Morgan fingerprint density at radius 2 is 1.86 bits per heavy atom. The molecule has 2 heterocycles. The van der Waals surface area contributed by atoms with E-state index in [0.29, 0.717) is 30.4 Å². The summed E-state index contributed by atoms with van der Waals surface area (Å²) < 4.78 is 33.9. The maximum Gasteiger partial charge on any atom is 0.256 e. The molecule has 2 unspecified atom stereocenters. The number of nitrogens with one attached hydrogen (secondary N) is 1. The molecular formula is C21H23ClF2N2O2. The van der Waals surface area contributed by atoms with Gasteiger partial charge in [0.25, 0.3) is 5.91 Å². The SMILES string of the molecule is COc1ccc(-c2ccc(C(=O)N3CCC4CCC(C3)N4)c(F)c2)c(F)c1.Cl. The smallest absolute Gasteiger partial charge is 0.256 e. The second kappa shape index (κ2) is 8.45. The second-order valence-corrected chi connectivity index (χ2v) is 7.22. The number of benzene rings is 2. The molecule has 2 aromatic carbocycles. The Bertz CT molecular complexity index is 877. The van der Waals surface area contributed by atoms with E-state index in [1.165, 1.54) is 25.3 Å². The van der Waals surface area contributed by atoms with Crippen LogP contribution in [0.15, 0.2) is 36.4 Å². The minimum Gasteiger partial charge on any atom is -0.497 e. The standard InChI is InChI=1S/C21H22F2N2O2.ClH/c1-27-16-5-7-17(20(23)11-16)13-2-6-18(19(22)10-13)21(26)25-9-8-14-3-4-15(12-25)24-14;/h2,5-7,10-11,14-15,24H,3-4,8-9,12H2,1H3;1H. The van der Waals surface area contributed by atoms with Crippen LogP contribution in [0.2, 0.25) is 0 Å². The molecule has 0 saturated carbocycles. The lowest BCUT2D eigenvalue weighted by atomic mass is 10.0. The van der Waals surface area contributed by atoms with E-state index in [2.05, 4.69) is 5.32 Å². The Kier molecular flexibility index (Phi) is 6.20. The third kappa shape index (κ3) is 3.98. The van der Waals surface area contributed by atoms with Gasteiger partial charge in [-0.1, -0.05) is 6.07 Å². The number of amides is 1. The van der Waals surface area contributed by atoms with Gasteiger partial charge in [0.05, 0.1) is 12.7 Å². The molecule has 28 heavy (non-hydrogen) atoms. The summed E-state index contributed by atoms with van der Waals surface area (Å²) in [4.78, 5) is 14.5. The van der Waals surface area contributed by atoms with Crippen LogP contribution in [0.3, 0.4) is 0 Å². The topological polar surface area (TPSA) is 41.6 Å². The molecule has 2 fully saturated rings. The zero-order valence-electron chi connectivity index (χ0n) is 15.6. The van der Waals surface area contributed by atoms with Crippen molar-refractivity contribution in [2.75, 3.05) is 20.2 Å². The molecule has 4 rings (SSSR count). The van der Waals surface area contributed by atoms with Crippen LogP contribution in [-0.4, -0.2) is 43.1 Å². The molecule has 0 spiro atoms. The van der Waals surface area contributed by atoms with Crippen molar-refractivity contribution in [1.82, 2.24) is 10.2 Å². The highest BCUT2D eigenvalue weighted by Gasteiger charge is 2.32. The van der Waals surface area contributed by atoms with E-state index < -0.39 is 11.6 Å². The molecule has 2 saturated heterocycles. The van der Waals surface area contributed by atoms with Crippen molar-refractivity contribution < 1.29 is 18.3 Å². The minimum absolute atomic E-state index is 0. The summed E-state index contributed by atoms with van der Waals surface area (Å²) in [5, 5.41) is 3.51. The molecule has 0 aliphatic carbocycles. The predicted molar refractivity (Wildman–Crippen MR) is 106 cm³/mol. The molecule has 2 aromatic rings. The molecule has 150 valence electrons. The number of nitrogens with zero attached hydrogens (tertiary/aromatic N) is 1. The number of carbonyl (C=O) groups is 1. The van der Waals surface area contributed by atoms with E-state index in [1.54, 1.807) is 23.1 Å². The number of halogens is 3. The van der Waals surface area contributed by atoms with E-state index in [0.717, 1.165) is 19.3 Å². The Morgan fingerprint density at radius 1 is 1.07 bits per heavy atom. The van der Waals surface area contributed by atoms with Gasteiger partial charge in [-0.2, -0.15) is 0 Å². The predicted octanol–water partition coefficient (Wildman–Crippen LogP) is 4.03. The van der Waals surface area contributed by atoms with Crippen molar-refractivity contribution in [2.45, 2.75) is 31.3 Å². The Morgan fingerprint density at radius 3 is 2.57 bits per heavy atom. The zero-order valence-corrected chi connectivity index (χ0v) is 16.4. The Labute approximate surface area is 169 Å². The van der Waals surface area contributed by atoms with Gasteiger partial charge in [-0.05, 0) is 49.1 Å². The first-order chi connectivity index (χ1) is 13.0. The molecule has 0 aromatic heterocycles. The van der Waals surface area contributed by atoms with Gasteiger partial charge >= 0.3 is 0 Å². The summed E-state index contributed by atoms with van der Waals surface area (Å²) in [7, 11) is 1.46. The quantitative estimate of drug-likeness (QED) is 0.833. The number of rotatable bonds is 3. The van der Waals surface area contributed by atoms with E-state index in [4.69, 9.17) is 4.74 Å². The molecule has 2 aliphatic heterocycles. The van der Waals surface area contributed by atoms with Crippen molar-refractivity contribution in [2.24, 2.45) is 0 Å². The molecule has 2 aliphatic rings. The summed E-state index contributed by atoms with van der Waals surface area (Å²) in [5.74, 6) is -1.03. The number of fused-ring (bicyclic) bond motifs is 2. The van der Waals surface area contributed by atoms with Gasteiger partial charge in [0.1, 0.15) is 17.4 Å². The number of hydrogen-bond acceptors (Lipinski definition) is 3. The van der Waals surface area contributed by atoms with Gasteiger partial charge in [-0.15, -0.1) is 12.4 Å². The molecular weight excluding hydrogens is 386 g/mol. The first kappa shape index (κ1) is 20.6. The van der Waals surface area contributed by atoms with Crippen LogP contribution in [0.4, 0.5) is 8.78 Å². The van der Waals surface area contributed by atoms with E-state index in [9.17, 15) is 13.6 Å². The highest BCUT2D eigenvalue weighted by molar-refractivity contribution is 5.95. The summed E-state index contributed by atoms with van der Waals surface area (Å²) in [6.45, 7) is 1.23. The van der Waals surface area contributed by atoms with Crippen LogP contribution in [0, 0.1) is 11.6 Å². The van der Waals surface area contributed by atoms with E-state index >= 15 is 0 Å². The molecule has 1 amide bonds.